The Hall–Kier alpha value is -4.70. The molecular weight excluding hydrogens is 551 g/mol. The van der Waals surface area contributed by atoms with Crippen LogP contribution >= 0.6 is 23.2 Å². The molecular formula is C32H17Cl2F2N3O. The zero-order valence-electron chi connectivity index (χ0n) is 20.6. The number of nitrogens with zero attached hydrogens (tertiary/aromatic N) is 3. The number of carbonyl (C=O) groups is 1. The van der Waals surface area contributed by atoms with Gasteiger partial charge < -0.3 is 0 Å². The fourth-order valence-electron chi connectivity index (χ4n) is 4.18. The molecule has 6 aromatic rings. The van der Waals surface area contributed by atoms with Gasteiger partial charge in [-0.15, -0.1) is 0 Å². The number of benzene rings is 4. The normalized spacial score (nSPS) is 10.6. The fraction of sp³-hybridized carbons (Fsp3) is 0. The third-order valence-electron chi connectivity index (χ3n) is 6.07. The number of rotatable bonds is 3. The zero-order valence-corrected chi connectivity index (χ0v) is 22.1. The lowest BCUT2D eigenvalue weighted by atomic mass is 10.0. The van der Waals surface area contributed by atoms with Crippen molar-refractivity contribution in [1.29, 1.82) is 0 Å². The van der Waals surface area contributed by atoms with Crippen molar-refractivity contribution >= 4 is 57.0 Å². The molecule has 0 aliphatic carbocycles. The second kappa shape index (κ2) is 11.6. The van der Waals surface area contributed by atoms with Crippen LogP contribution in [0.4, 0.5) is 14.5 Å². The predicted octanol–water partition coefficient (Wildman–Crippen LogP) is 9.75. The molecule has 2 aromatic heterocycles. The minimum Gasteiger partial charge on any atom is -0.298 e. The van der Waals surface area contributed by atoms with Crippen molar-refractivity contribution in [1.82, 2.24) is 9.97 Å². The first-order valence-corrected chi connectivity index (χ1v) is 12.7. The third-order valence-corrected chi connectivity index (χ3v) is 6.73. The number of aldehydes is 1. The van der Waals surface area contributed by atoms with Crippen LogP contribution in [0.25, 0.3) is 49.2 Å². The highest BCUT2D eigenvalue weighted by Crippen LogP contribution is 2.36. The SMILES string of the molecule is O=Cc1cc2ccc(F)cc2nc1-c1ccccc1Cl.[C-]#[N+]c1cc2ccc(F)cc2nc1-c1ccccc1Cl. The number of aromatic nitrogens is 2. The summed E-state index contributed by atoms with van der Waals surface area (Å²) in [5.41, 5.74) is 4.09. The highest BCUT2D eigenvalue weighted by atomic mass is 35.5. The van der Waals surface area contributed by atoms with Crippen LogP contribution in [-0.2, 0) is 0 Å². The molecule has 0 N–H and O–H groups in total. The topological polar surface area (TPSA) is 47.2 Å². The lowest BCUT2D eigenvalue weighted by Gasteiger charge is -2.08. The van der Waals surface area contributed by atoms with Crippen LogP contribution in [0, 0.1) is 18.2 Å². The molecule has 0 saturated heterocycles. The molecule has 0 atom stereocenters. The second-order valence-electron chi connectivity index (χ2n) is 8.65. The molecule has 0 radical (unpaired) electrons. The molecule has 8 heteroatoms. The molecule has 194 valence electrons. The minimum absolute atomic E-state index is 0.356. The molecule has 4 nitrogen and oxygen atoms in total. The highest BCUT2D eigenvalue weighted by molar-refractivity contribution is 6.33. The average Bonchev–Trinajstić information content (AvgIpc) is 2.96. The van der Waals surface area contributed by atoms with Crippen LogP contribution in [-0.4, -0.2) is 16.3 Å². The second-order valence-corrected chi connectivity index (χ2v) is 9.46. The Morgan fingerprint density at radius 3 is 1.70 bits per heavy atom. The molecule has 0 saturated carbocycles. The van der Waals surface area contributed by atoms with E-state index in [1.54, 1.807) is 54.6 Å². The molecule has 0 aliphatic rings. The monoisotopic (exact) mass is 567 g/mol. The van der Waals surface area contributed by atoms with E-state index in [9.17, 15) is 13.6 Å². The molecule has 2 heterocycles. The molecule has 0 fully saturated rings. The van der Waals surface area contributed by atoms with E-state index in [1.165, 1.54) is 24.3 Å². The number of hydrogen-bond donors (Lipinski definition) is 0. The Labute approximate surface area is 238 Å². The van der Waals surface area contributed by atoms with Crippen molar-refractivity contribution < 1.29 is 13.6 Å². The summed E-state index contributed by atoms with van der Waals surface area (Å²) in [5, 5.41) is 2.46. The molecule has 0 bridgehead atoms. The van der Waals surface area contributed by atoms with Crippen LogP contribution in [0.2, 0.25) is 10.0 Å². The number of fused-ring (bicyclic) bond motifs is 2. The maximum atomic E-state index is 13.3. The standard InChI is InChI=1S/C16H8ClFN2.C16H9ClFNO/c1-19-15-8-10-6-7-11(18)9-14(10)20-16(15)12-4-2-3-5-13(12)17;17-14-4-2-1-3-13(14)16-11(9-20)7-10-5-6-12(18)8-15(10)19-16/h2-9H;1-9H. The average molecular weight is 568 g/mol. The quantitative estimate of drug-likeness (QED) is 0.158. The lowest BCUT2D eigenvalue weighted by molar-refractivity contribution is 0.112. The smallest absolute Gasteiger partial charge is 0.213 e. The third kappa shape index (κ3) is 5.52. The Balaban J connectivity index is 0.000000161. The minimum atomic E-state index is -0.367. The summed E-state index contributed by atoms with van der Waals surface area (Å²) < 4.78 is 26.6. The lowest BCUT2D eigenvalue weighted by Crippen LogP contribution is -1.94. The number of pyridine rings is 2. The summed E-state index contributed by atoms with van der Waals surface area (Å²) in [5.74, 6) is -0.723. The summed E-state index contributed by atoms with van der Waals surface area (Å²) in [6, 6.07) is 26.3. The first-order valence-electron chi connectivity index (χ1n) is 11.9. The van der Waals surface area contributed by atoms with E-state index in [0.717, 1.165) is 11.7 Å². The van der Waals surface area contributed by atoms with Gasteiger partial charge in [-0.25, -0.2) is 18.6 Å². The Morgan fingerprint density at radius 2 is 1.18 bits per heavy atom. The maximum Gasteiger partial charge on any atom is 0.213 e. The van der Waals surface area contributed by atoms with Gasteiger partial charge in [-0.05, 0) is 53.9 Å². The van der Waals surface area contributed by atoms with E-state index in [4.69, 9.17) is 29.8 Å². The van der Waals surface area contributed by atoms with Gasteiger partial charge in [-0.2, -0.15) is 0 Å². The Morgan fingerprint density at radius 1 is 0.675 bits per heavy atom. The van der Waals surface area contributed by atoms with Gasteiger partial charge in [0.05, 0.1) is 29.0 Å². The van der Waals surface area contributed by atoms with Gasteiger partial charge in [0.25, 0.3) is 0 Å². The van der Waals surface area contributed by atoms with E-state index in [2.05, 4.69) is 14.8 Å². The van der Waals surface area contributed by atoms with Crippen LogP contribution in [0.15, 0.2) is 97.1 Å². The maximum absolute atomic E-state index is 13.3. The number of halogens is 4. The highest BCUT2D eigenvalue weighted by Gasteiger charge is 2.13. The van der Waals surface area contributed by atoms with Crippen molar-refractivity contribution in [2.45, 2.75) is 0 Å². The van der Waals surface area contributed by atoms with Crippen LogP contribution in [0.1, 0.15) is 10.4 Å². The van der Waals surface area contributed by atoms with Crippen molar-refractivity contribution in [3.05, 3.63) is 136 Å². The largest absolute Gasteiger partial charge is 0.298 e. The van der Waals surface area contributed by atoms with Gasteiger partial charge in [0.1, 0.15) is 11.6 Å². The summed E-state index contributed by atoms with van der Waals surface area (Å²) in [7, 11) is 0. The number of hydrogen-bond acceptors (Lipinski definition) is 3. The molecule has 0 spiro atoms. The van der Waals surface area contributed by atoms with Gasteiger partial charge in [-0.1, -0.05) is 65.7 Å². The van der Waals surface area contributed by atoms with Crippen molar-refractivity contribution in [3.8, 4) is 22.5 Å². The van der Waals surface area contributed by atoms with Crippen molar-refractivity contribution in [3.63, 3.8) is 0 Å². The van der Waals surface area contributed by atoms with Crippen molar-refractivity contribution in [2.75, 3.05) is 0 Å². The summed E-state index contributed by atoms with van der Waals surface area (Å²) in [4.78, 5) is 23.5. The summed E-state index contributed by atoms with van der Waals surface area (Å²) in [6.45, 7) is 7.29. The Bertz CT molecular complexity index is 1950. The summed E-state index contributed by atoms with van der Waals surface area (Å²) >= 11 is 12.3. The first kappa shape index (κ1) is 26.9. The van der Waals surface area contributed by atoms with E-state index >= 15 is 0 Å². The van der Waals surface area contributed by atoms with Crippen LogP contribution in [0.5, 0.6) is 0 Å². The van der Waals surface area contributed by atoms with E-state index in [1.807, 2.05) is 18.2 Å². The van der Waals surface area contributed by atoms with Crippen molar-refractivity contribution in [2.24, 2.45) is 0 Å². The molecule has 40 heavy (non-hydrogen) atoms. The number of carbonyl (C=O) groups excluding carboxylic acids is 1. The summed E-state index contributed by atoms with van der Waals surface area (Å²) in [6.07, 6.45) is 0.731. The Kier molecular flexibility index (Phi) is 7.79. The van der Waals surface area contributed by atoms with Gasteiger partial charge >= 0.3 is 0 Å². The van der Waals surface area contributed by atoms with Gasteiger partial charge in [-0.3, -0.25) is 9.78 Å². The molecule has 0 unspecified atom stereocenters. The molecule has 0 amide bonds. The first-order chi connectivity index (χ1) is 19.4. The molecule has 0 aliphatic heterocycles. The van der Waals surface area contributed by atoms with Crippen LogP contribution in [0.3, 0.4) is 0 Å². The van der Waals surface area contributed by atoms with Gasteiger partial charge in [0, 0.05) is 38.2 Å². The zero-order chi connectivity index (χ0) is 28.2. The van der Waals surface area contributed by atoms with E-state index < -0.39 is 0 Å². The van der Waals surface area contributed by atoms with Crippen LogP contribution < -0.4 is 0 Å². The molecule has 4 aromatic carbocycles. The molecule has 6 rings (SSSR count). The van der Waals surface area contributed by atoms with E-state index in [-0.39, 0.29) is 11.6 Å². The van der Waals surface area contributed by atoms with Gasteiger partial charge in [0.15, 0.2) is 6.29 Å². The van der Waals surface area contributed by atoms with E-state index in [0.29, 0.717) is 60.2 Å². The van der Waals surface area contributed by atoms with Gasteiger partial charge in [0.2, 0.25) is 5.69 Å². The predicted molar refractivity (Wildman–Crippen MR) is 156 cm³/mol. The fourth-order valence-corrected chi connectivity index (χ4v) is 4.63.